The van der Waals surface area contributed by atoms with Crippen LogP contribution in [0.25, 0.3) is 0 Å². The van der Waals surface area contributed by atoms with Gasteiger partial charge in [-0.05, 0) is 24.1 Å². The number of carbonyl (C=O) groups is 1. The normalized spacial score (nSPS) is 20.8. The van der Waals surface area contributed by atoms with Crippen molar-refractivity contribution in [1.82, 2.24) is 10.2 Å². The third-order valence-electron chi connectivity index (χ3n) is 2.94. The summed E-state index contributed by atoms with van der Waals surface area (Å²) in [5.74, 6) is -1.76. The summed E-state index contributed by atoms with van der Waals surface area (Å²) in [6.07, 6.45) is 0.375. The highest BCUT2D eigenvalue weighted by atomic mass is 19.2. The second-order valence-electron chi connectivity index (χ2n) is 4.22. The van der Waals surface area contributed by atoms with E-state index in [0.717, 1.165) is 18.7 Å². The summed E-state index contributed by atoms with van der Waals surface area (Å²) in [6.45, 7) is 1.39. The number of likely N-dealkylation sites (N-methyl/N-ethyl adjacent to an activating group) is 1. The van der Waals surface area contributed by atoms with Crippen LogP contribution >= 0.6 is 0 Å². The van der Waals surface area contributed by atoms with Crippen molar-refractivity contribution in [1.29, 1.82) is 0 Å². The zero-order valence-corrected chi connectivity index (χ0v) is 9.54. The van der Waals surface area contributed by atoms with Crippen LogP contribution in [0.4, 0.5) is 8.78 Å². The molecule has 17 heavy (non-hydrogen) atoms. The Morgan fingerprint density at radius 2 is 2.18 bits per heavy atom. The Morgan fingerprint density at radius 1 is 1.41 bits per heavy atom. The van der Waals surface area contributed by atoms with Gasteiger partial charge in [-0.15, -0.1) is 0 Å². The maximum Gasteiger partial charge on any atom is 0.239 e. The summed E-state index contributed by atoms with van der Waals surface area (Å²) in [6, 6.07) is 3.38. The highest BCUT2D eigenvalue weighted by Crippen LogP contribution is 2.12. The molecule has 1 atom stereocenters. The molecule has 3 nitrogen and oxygen atoms in total. The van der Waals surface area contributed by atoms with Gasteiger partial charge in [0.25, 0.3) is 0 Å². The largest absolute Gasteiger partial charge is 0.343 e. The number of carbonyl (C=O) groups excluding carboxylic acids is 1. The molecule has 2 rings (SSSR count). The van der Waals surface area contributed by atoms with Crippen molar-refractivity contribution in [3.8, 4) is 0 Å². The predicted molar refractivity (Wildman–Crippen MR) is 59.5 cm³/mol. The lowest BCUT2D eigenvalue weighted by molar-refractivity contribution is -0.134. The van der Waals surface area contributed by atoms with E-state index in [-0.39, 0.29) is 11.9 Å². The SMILES string of the molecule is CN1CCNC(Cc2ccc(F)c(F)c2)C1=O. The Bertz CT molecular complexity index is 437. The van der Waals surface area contributed by atoms with E-state index < -0.39 is 11.6 Å². The lowest BCUT2D eigenvalue weighted by Gasteiger charge is -2.30. The van der Waals surface area contributed by atoms with Gasteiger partial charge in [0.1, 0.15) is 0 Å². The van der Waals surface area contributed by atoms with Crippen LogP contribution in [0.15, 0.2) is 18.2 Å². The Morgan fingerprint density at radius 3 is 2.88 bits per heavy atom. The molecular weight excluding hydrogens is 226 g/mol. The van der Waals surface area contributed by atoms with Crippen LogP contribution in [0, 0.1) is 11.6 Å². The monoisotopic (exact) mass is 240 g/mol. The van der Waals surface area contributed by atoms with Gasteiger partial charge in [-0.3, -0.25) is 4.79 Å². The zero-order chi connectivity index (χ0) is 12.4. The van der Waals surface area contributed by atoms with Crippen molar-refractivity contribution < 1.29 is 13.6 Å². The fourth-order valence-corrected chi connectivity index (χ4v) is 1.93. The van der Waals surface area contributed by atoms with Gasteiger partial charge in [0.05, 0.1) is 6.04 Å². The molecule has 1 unspecified atom stereocenters. The summed E-state index contributed by atoms with van der Waals surface area (Å²) in [4.78, 5) is 13.4. The maximum atomic E-state index is 13.0. The molecule has 1 heterocycles. The van der Waals surface area contributed by atoms with Crippen LogP contribution in [0.1, 0.15) is 5.56 Å². The van der Waals surface area contributed by atoms with E-state index in [4.69, 9.17) is 0 Å². The molecular formula is C12H14F2N2O. The highest BCUT2D eigenvalue weighted by Gasteiger charge is 2.25. The summed E-state index contributed by atoms with van der Waals surface area (Å²) < 4.78 is 25.8. The molecule has 1 aromatic carbocycles. The van der Waals surface area contributed by atoms with Crippen LogP contribution in [-0.4, -0.2) is 37.0 Å². The minimum absolute atomic E-state index is 0.0130. The first-order valence-electron chi connectivity index (χ1n) is 5.50. The summed E-state index contributed by atoms with van der Waals surface area (Å²) in [5.41, 5.74) is 0.616. The van der Waals surface area contributed by atoms with Crippen LogP contribution in [0.2, 0.25) is 0 Å². The number of hydrogen-bond acceptors (Lipinski definition) is 2. The van der Waals surface area contributed by atoms with Crippen molar-refractivity contribution >= 4 is 5.91 Å². The average Bonchev–Trinajstić information content (AvgIpc) is 2.30. The summed E-state index contributed by atoms with van der Waals surface area (Å²) in [5, 5.41) is 3.07. The van der Waals surface area contributed by atoms with E-state index in [0.29, 0.717) is 18.5 Å². The number of nitrogens with one attached hydrogen (secondary N) is 1. The first-order chi connectivity index (χ1) is 8.08. The van der Waals surface area contributed by atoms with E-state index in [2.05, 4.69) is 5.32 Å². The van der Waals surface area contributed by atoms with Crippen LogP contribution in [0.5, 0.6) is 0 Å². The molecule has 5 heteroatoms. The number of nitrogens with zero attached hydrogens (tertiary/aromatic N) is 1. The molecule has 1 N–H and O–H groups in total. The molecule has 1 amide bonds. The first-order valence-corrected chi connectivity index (χ1v) is 5.50. The number of rotatable bonds is 2. The zero-order valence-electron chi connectivity index (χ0n) is 9.54. The molecule has 0 aliphatic carbocycles. The van der Waals surface area contributed by atoms with E-state index in [9.17, 15) is 13.6 Å². The molecule has 0 aromatic heterocycles. The standard InChI is InChI=1S/C12H14F2N2O/c1-16-5-4-15-11(12(16)17)7-8-2-3-9(13)10(14)6-8/h2-3,6,11,15H,4-5,7H2,1H3. The average molecular weight is 240 g/mol. The molecule has 92 valence electrons. The molecule has 0 saturated carbocycles. The van der Waals surface area contributed by atoms with Crippen molar-refractivity contribution in [2.24, 2.45) is 0 Å². The molecule has 1 aromatic rings. The fraction of sp³-hybridized carbons (Fsp3) is 0.417. The molecule has 0 radical (unpaired) electrons. The second-order valence-corrected chi connectivity index (χ2v) is 4.22. The number of hydrogen-bond donors (Lipinski definition) is 1. The highest BCUT2D eigenvalue weighted by molar-refractivity contribution is 5.82. The van der Waals surface area contributed by atoms with E-state index >= 15 is 0 Å². The molecule has 1 saturated heterocycles. The summed E-state index contributed by atoms with van der Waals surface area (Å²) >= 11 is 0. The van der Waals surface area contributed by atoms with Gasteiger partial charge >= 0.3 is 0 Å². The van der Waals surface area contributed by atoms with Crippen molar-refractivity contribution in [2.45, 2.75) is 12.5 Å². The van der Waals surface area contributed by atoms with Crippen molar-refractivity contribution in [3.05, 3.63) is 35.4 Å². The Labute approximate surface area is 98.4 Å². The van der Waals surface area contributed by atoms with Gasteiger partial charge in [0, 0.05) is 20.1 Å². The molecule has 1 aliphatic heterocycles. The third kappa shape index (κ3) is 2.61. The van der Waals surface area contributed by atoms with Gasteiger partial charge < -0.3 is 10.2 Å². The topological polar surface area (TPSA) is 32.3 Å². The smallest absolute Gasteiger partial charge is 0.239 e. The van der Waals surface area contributed by atoms with Crippen LogP contribution < -0.4 is 5.32 Å². The van der Waals surface area contributed by atoms with Gasteiger partial charge in [0.15, 0.2) is 11.6 Å². The molecule has 1 aliphatic rings. The lowest BCUT2D eigenvalue weighted by atomic mass is 10.0. The van der Waals surface area contributed by atoms with Gasteiger partial charge in [-0.2, -0.15) is 0 Å². The number of halogens is 2. The third-order valence-corrected chi connectivity index (χ3v) is 2.94. The quantitative estimate of drug-likeness (QED) is 0.834. The minimum atomic E-state index is -0.876. The molecule has 0 bridgehead atoms. The Kier molecular flexibility index (Phi) is 3.38. The van der Waals surface area contributed by atoms with Gasteiger partial charge in [0.2, 0.25) is 5.91 Å². The van der Waals surface area contributed by atoms with E-state index in [1.165, 1.54) is 6.07 Å². The van der Waals surface area contributed by atoms with Gasteiger partial charge in [-0.25, -0.2) is 8.78 Å². The summed E-state index contributed by atoms with van der Waals surface area (Å²) in [7, 11) is 1.74. The first kappa shape index (κ1) is 12.0. The Balaban J connectivity index is 2.09. The van der Waals surface area contributed by atoms with Crippen molar-refractivity contribution in [3.63, 3.8) is 0 Å². The number of benzene rings is 1. The van der Waals surface area contributed by atoms with E-state index in [1.54, 1.807) is 11.9 Å². The van der Waals surface area contributed by atoms with Crippen LogP contribution in [-0.2, 0) is 11.2 Å². The fourth-order valence-electron chi connectivity index (χ4n) is 1.93. The number of amides is 1. The number of piperazine rings is 1. The lowest BCUT2D eigenvalue weighted by Crippen LogP contribution is -2.54. The Hall–Kier alpha value is -1.49. The van der Waals surface area contributed by atoms with E-state index in [1.807, 2.05) is 0 Å². The maximum absolute atomic E-state index is 13.0. The minimum Gasteiger partial charge on any atom is -0.343 e. The predicted octanol–water partition coefficient (Wildman–Crippen LogP) is 0.937. The second kappa shape index (κ2) is 4.79. The molecule has 0 spiro atoms. The molecule has 1 fully saturated rings. The van der Waals surface area contributed by atoms with Crippen molar-refractivity contribution in [2.75, 3.05) is 20.1 Å². The van der Waals surface area contributed by atoms with Crippen LogP contribution in [0.3, 0.4) is 0 Å². The van der Waals surface area contributed by atoms with Gasteiger partial charge in [-0.1, -0.05) is 6.07 Å².